The lowest BCUT2D eigenvalue weighted by Gasteiger charge is -2.37. The average molecular weight is 258 g/mol. The molecule has 2 atom stereocenters. The molecule has 0 radical (unpaired) electrons. The van der Waals surface area contributed by atoms with Gasteiger partial charge in [-0.1, -0.05) is 6.07 Å². The van der Waals surface area contributed by atoms with Crippen molar-refractivity contribution in [2.45, 2.75) is 43.4 Å². The Labute approximate surface area is 113 Å². The van der Waals surface area contributed by atoms with Crippen LogP contribution in [0.5, 0.6) is 5.75 Å². The molecular weight excluding hydrogens is 240 g/mol. The van der Waals surface area contributed by atoms with Crippen molar-refractivity contribution in [3.8, 4) is 11.8 Å². The van der Waals surface area contributed by atoms with Gasteiger partial charge in [0, 0.05) is 12.1 Å². The highest BCUT2D eigenvalue weighted by atomic mass is 16.5. The standard InChI is InChI=1S/C15H18N2O2/c1-19-14-6-11(3-2-10(14)9-16)15(18)7-12-4-5-13(8-15)17-12/h2-3,6,12-13,17-18H,4-5,7-8H2,1H3. The first-order valence-electron chi connectivity index (χ1n) is 6.72. The number of aliphatic hydroxyl groups is 1. The summed E-state index contributed by atoms with van der Waals surface area (Å²) in [5.41, 5.74) is 0.576. The van der Waals surface area contributed by atoms with Crippen molar-refractivity contribution in [3.05, 3.63) is 29.3 Å². The van der Waals surface area contributed by atoms with Crippen molar-refractivity contribution in [2.24, 2.45) is 0 Å². The molecule has 1 aromatic rings. The molecule has 0 amide bonds. The zero-order valence-electron chi connectivity index (χ0n) is 11.0. The predicted octanol–water partition coefficient (Wildman–Crippen LogP) is 1.67. The van der Waals surface area contributed by atoms with Crippen LogP contribution in [0.2, 0.25) is 0 Å². The van der Waals surface area contributed by atoms with Crippen LogP contribution in [0, 0.1) is 11.3 Å². The van der Waals surface area contributed by atoms with E-state index < -0.39 is 5.60 Å². The lowest BCUT2D eigenvalue weighted by atomic mass is 9.81. The second-order valence-electron chi connectivity index (χ2n) is 5.60. The summed E-state index contributed by atoms with van der Waals surface area (Å²) in [5.74, 6) is 0.541. The van der Waals surface area contributed by atoms with Crippen molar-refractivity contribution in [2.75, 3.05) is 7.11 Å². The quantitative estimate of drug-likeness (QED) is 0.847. The number of nitriles is 1. The minimum Gasteiger partial charge on any atom is -0.495 e. The summed E-state index contributed by atoms with van der Waals surface area (Å²) < 4.78 is 5.23. The van der Waals surface area contributed by atoms with Gasteiger partial charge in [0.1, 0.15) is 11.8 Å². The number of methoxy groups -OCH3 is 1. The van der Waals surface area contributed by atoms with E-state index >= 15 is 0 Å². The van der Waals surface area contributed by atoms with Gasteiger partial charge in [-0.15, -0.1) is 0 Å². The molecule has 2 bridgehead atoms. The zero-order valence-corrected chi connectivity index (χ0v) is 11.0. The van der Waals surface area contributed by atoms with E-state index in [1.165, 1.54) is 0 Å². The molecule has 2 fully saturated rings. The highest BCUT2D eigenvalue weighted by Gasteiger charge is 2.43. The third-order valence-electron chi connectivity index (χ3n) is 4.36. The van der Waals surface area contributed by atoms with Gasteiger partial charge < -0.3 is 15.2 Å². The number of hydrogen-bond acceptors (Lipinski definition) is 4. The van der Waals surface area contributed by atoms with E-state index in [4.69, 9.17) is 10.00 Å². The highest BCUT2D eigenvalue weighted by molar-refractivity contribution is 5.46. The van der Waals surface area contributed by atoms with Crippen LogP contribution in [0.4, 0.5) is 0 Å². The van der Waals surface area contributed by atoms with Gasteiger partial charge in [0.25, 0.3) is 0 Å². The molecule has 1 aromatic carbocycles. The van der Waals surface area contributed by atoms with Gasteiger partial charge in [0.2, 0.25) is 0 Å². The third-order valence-corrected chi connectivity index (χ3v) is 4.36. The Kier molecular flexibility index (Phi) is 2.96. The average Bonchev–Trinajstić information content (AvgIpc) is 2.77. The van der Waals surface area contributed by atoms with Gasteiger partial charge in [0.15, 0.2) is 0 Å². The van der Waals surface area contributed by atoms with Gasteiger partial charge in [-0.2, -0.15) is 5.26 Å². The molecule has 0 spiro atoms. The molecule has 19 heavy (non-hydrogen) atoms. The number of ether oxygens (including phenoxy) is 1. The van der Waals surface area contributed by atoms with Crippen LogP contribution >= 0.6 is 0 Å². The van der Waals surface area contributed by atoms with E-state index in [-0.39, 0.29) is 0 Å². The van der Waals surface area contributed by atoms with Crippen molar-refractivity contribution >= 4 is 0 Å². The SMILES string of the molecule is COc1cc(C2(O)CC3CCC(C2)N3)ccc1C#N. The maximum absolute atomic E-state index is 10.9. The van der Waals surface area contributed by atoms with Crippen LogP contribution in [0.1, 0.15) is 36.8 Å². The predicted molar refractivity (Wildman–Crippen MR) is 70.8 cm³/mol. The maximum atomic E-state index is 10.9. The Morgan fingerprint density at radius 3 is 2.63 bits per heavy atom. The van der Waals surface area contributed by atoms with Crippen LogP contribution in [0.3, 0.4) is 0 Å². The molecule has 2 aliphatic heterocycles. The number of hydrogen-bond donors (Lipinski definition) is 2. The lowest BCUT2D eigenvalue weighted by molar-refractivity contribution is -0.0116. The molecule has 4 nitrogen and oxygen atoms in total. The molecule has 2 N–H and O–H groups in total. The first-order chi connectivity index (χ1) is 9.14. The second-order valence-corrected chi connectivity index (χ2v) is 5.60. The van der Waals surface area contributed by atoms with Crippen molar-refractivity contribution in [1.29, 1.82) is 5.26 Å². The van der Waals surface area contributed by atoms with E-state index in [0.717, 1.165) is 31.2 Å². The highest BCUT2D eigenvalue weighted by Crippen LogP contribution is 2.41. The Bertz CT molecular complexity index is 523. The summed E-state index contributed by atoms with van der Waals surface area (Å²) in [5, 5.41) is 23.5. The van der Waals surface area contributed by atoms with E-state index in [0.29, 0.717) is 23.4 Å². The fourth-order valence-electron chi connectivity index (χ4n) is 3.43. The molecule has 3 rings (SSSR count). The third kappa shape index (κ3) is 2.09. The molecule has 2 aliphatic rings. The summed E-state index contributed by atoms with van der Waals surface area (Å²) >= 11 is 0. The fourth-order valence-corrected chi connectivity index (χ4v) is 3.43. The Hall–Kier alpha value is -1.57. The molecule has 0 aliphatic carbocycles. The largest absolute Gasteiger partial charge is 0.495 e. The van der Waals surface area contributed by atoms with Crippen LogP contribution in [0.15, 0.2) is 18.2 Å². The minimum atomic E-state index is -0.793. The Morgan fingerprint density at radius 1 is 1.37 bits per heavy atom. The van der Waals surface area contributed by atoms with E-state index in [9.17, 15) is 5.11 Å². The Balaban J connectivity index is 1.95. The number of benzene rings is 1. The molecule has 4 heteroatoms. The van der Waals surface area contributed by atoms with Gasteiger partial charge >= 0.3 is 0 Å². The summed E-state index contributed by atoms with van der Waals surface area (Å²) in [6.45, 7) is 0. The van der Waals surface area contributed by atoms with E-state index in [1.807, 2.05) is 12.1 Å². The minimum absolute atomic E-state index is 0.408. The van der Waals surface area contributed by atoms with Crippen molar-refractivity contribution < 1.29 is 9.84 Å². The maximum Gasteiger partial charge on any atom is 0.136 e. The van der Waals surface area contributed by atoms with Gasteiger partial charge in [-0.3, -0.25) is 0 Å². The molecule has 2 saturated heterocycles. The topological polar surface area (TPSA) is 65.3 Å². The Morgan fingerprint density at radius 2 is 2.05 bits per heavy atom. The monoisotopic (exact) mass is 258 g/mol. The molecular formula is C15H18N2O2. The second kappa shape index (κ2) is 4.52. The van der Waals surface area contributed by atoms with Crippen LogP contribution in [0.25, 0.3) is 0 Å². The molecule has 0 aromatic heterocycles. The summed E-state index contributed by atoms with van der Waals surface area (Å²) in [4.78, 5) is 0. The number of piperidine rings is 1. The van der Waals surface area contributed by atoms with E-state index in [1.54, 1.807) is 13.2 Å². The van der Waals surface area contributed by atoms with E-state index in [2.05, 4.69) is 11.4 Å². The summed E-state index contributed by atoms with van der Waals surface area (Å²) in [6.07, 6.45) is 3.75. The fraction of sp³-hybridized carbons (Fsp3) is 0.533. The normalized spacial score (nSPS) is 32.9. The van der Waals surface area contributed by atoms with Crippen LogP contribution in [-0.2, 0) is 5.60 Å². The molecule has 100 valence electrons. The van der Waals surface area contributed by atoms with Crippen LogP contribution in [-0.4, -0.2) is 24.3 Å². The molecule has 2 unspecified atom stereocenters. The van der Waals surface area contributed by atoms with Gasteiger partial charge in [-0.25, -0.2) is 0 Å². The lowest BCUT2D eigenvalue weighted by Crippen LogP contribution is -2.46. The summed E-state index contributed by atoms with van der Waals surface area (Å²) in [6, 6.07) is 8.31. The number of nitrogens with one attached hydrogen (secondary N) is 1. The molecule has 2 heterocycles. The number of fused-ring (bicyclic) bond motifs is 2. The number of nitrogens with zero attached hydrogens (tertiary/aromatic N) is 1. The van der Waals surface area contributed by atoms with Crippen LogP contribution < -0.4 is 10.1 Å². The summed E-state index contributed by atoms with van der Waals surface area (Å²) in [7, 11) is 1.55. The van der Waals surface area contributed by atoms with Crippen molar-refractivity contribution in [3.63, 3.8) is 0 Å². The zero-order chi connectivity index (χ0) is 13.5. The first-order valence-corrected chi connectivity index (χ1v) is 6.72. The number of rotatable bonds is 2. The first kappa shape index (κ1) is 12.5. The van der Waals surface area contributed by atoms with Gasteiger partial charge in [0.05, 0.1) is 18.3 Å². The van der Waals surface area contributed by atoms with Gasteiger partial charge in [-0.05, 0) is 43.4 Å². The smallest absolute Gasteiger partial charge is 0.136 e. The van der Waals surface area contributed by atoms with Crippen molar-refractivity contribution in [1.82, 2.24) is 5.32 Å². The molecule has 0 saturated carbocycles.